The number of benzene rings is 1. The highest BCUT2D eigenvalue weighted by molar-refractivity contribution is 7.92. The first-order chi connectivity index (χ1) is 8.01. The zero-order valence-electron chi connectivity index (χ0n) is 9.07. The van der Waals surface area contributed by atoms with Gasteiger partial charge in [0.2, 0.25) is 5.82 Å². The monoisotopic (exact) mass is 253 g/mol. The predicted octanol–water partition coefficient (Wildman–Crippen LogP) is 1.05. The summed E-state index contributed by atoms with van der Waals surface area (Å²) in [6, 6.07) is 9.33. The van der Waals surface area contributed by atoms with Crippen molar-refractivity contribution in [2.24, 2.45) is 5.84 Å². The van der Waals surface area contributed by atoms with Crippen LogP contribution < -0.4 is 10.3 Å². The van der Waals surface area contributed by atoms with E-state index < -0.39 is 10.0 Å². The molecule has 6 nitrogen and oxygen atoms in total. The van der Waals surface area contributed by atoms with Crippen molar-refractivity contribution in [2.45, 2.75) is 11.8 Å². The van der Waals surface area contributed by atoms with Gasteiger partial charge in [-0.2, -0.15) is 12.8 Å². The quantitative estimate of drug-likeness (QED) is 0.652. The second-order valence-electron chi connectivity index (χ2n) is 3.41. The van der Waals surface area contributed by atoms with Crippen LogP contribution in [0.3, 0.4) is 0 Å². The molecule has 0 atom stereocenters. The lowest BCUT2D eigenvalue weighted by atomic mass is 10.4. The van der Waals surface area contributed by atoms with Crippen molar-refractivity contribution in [1.82, 2.24) is 5.16 Å². The minimum Gasteiger partial charge on any atom is -0.359 e. The molecule has 0 bridgehead atoms. The summed E-state index contributed by atoms with van der Waals surface area (Å²) in [6.45, 7) is 1.65. The van der Waals surface area contributed by atoms with E-state index in [2.05, 4.69) is 5.16 Å². The number of sulfonamides is 1. The topological polar surface area (TPSA) is 89.4 Å². The summed E-state index contributed by atoms with van der Waals surface area (Å²) < 4.78 is 29.5. The van der Waals surface area contributed by atoms with Crippen molar-refractivity contribution in [3.05, 3.63) is 42.2 Å². The van der Waals surface area contributed by atoms with Crippen molar-refractivity contribution in [1.29, 1.82) is 0 Å². The maximum atomic E-state index is 12.1. The molecule has 2 N–H and O–H groups in total. The Morgan fingerprint density at radius 2 is 1.94 bits per heavy atom. The third-order valence-electron chi connectivity index (χ3n) is 2.14. The average Bonchev–Trinajstić information content (AvgIpc) is 2.76. The first-order valence-corrected chi connectivity index (χ1v) is 6.24. The minimum absolute atomic E-state index is 0.0475. The van der Waals surface area contributed by atoms with Gasteiger partial charge in [-0.25, -0.2) is 5.84 Å². The fourth-order valence-electron chi connectivity index (χ4n) is 1.29. The number of hydrazine groups is 1. The molecule has 90 valence electrons. The zero-order valence-corrected chi connectivity index (χ0v) is 9.89. The number of aromatic nitrogens is 1. The van der Waals surface area contributed by atoms with Crippen LogP contribution in [0.1, 0.15) is 5.76 Å². The summed E-state index contributed by atoms with van der Waals surface area (Å²) in [4.78, 5) is 0.100. The number of hydrogen-bond donors (Lipinski definition) is 1. The summed E-state index contributed by atoms with van der Waals surface area (Å²) in [6.07, 6.45) is 0. The summed E-state index contributed by atoms with van der Waals surface area (Å²) in [7, 11) is -3.79. The molecule has 0 saturated heterocycles. The largest absolute Gasteiger partial charge is 0.359 e. The van der Waals surface area contributed by atoms with Crippen LogP contribution in [0, 0.1) is 6.92 Å². The molecule has 0 amide bonds. The van der Waals surface area contributed by atoms with Crippen LogP contribution in [-0.4, -0.2) is 13.6 Å². The molecule has 1 aromatic carbocycles. The van der Waals surface area contributed by atoms with Crippen LogP contribution in [0.25, 0.3) is 0 Å². The van der Waals surface area contributed by atoms with E-state index in [1.54, 1.807) is 25.1 Å². The zero-order chi connectivity index (χ0) is 12.5. The normalized spacial score (nSPS) is 11.4. The van der Waals surface area contributed by atoms with Gasteiger partial charge in [0.05, 0.1) is 4.90 Å². The lowest BCUT2D eigenvalue weighted by molar-refractivity contribution is 0.398. The van der Waals surface area contributed by atoms with E-state index in [0.717, 1.165) is 0 Å². The van der Waals surface area contributed by atoms with E-state index in [1.807, 2.05) is 0 Å². The van der Waals surface area contributed by atoms with Gasteiger partial charge >= 0.3 is 0 Å². The second-order valence-corrected chi connectivity index (χ2v) is 5.22. The van der Waals surface area contributed by atoms with Gasteiger partial charge in [0.25, 0.3) is 10.0 Å². The summed E-state index contributed by atoms with van der Waals surface area (Å²) >= 11 is 0. The smallest absolute Gasteiger partial charge is 0.279 e. The van der Waals surface area contributed by atoms with Crippen LogP contribution in [0.2, 0.25) is 0 Å². The van der Waals surface area contributed by atoms with Gasteiger partial charge in [-0.15, -0.1) is 0 Å². The van der Waals surface area contributed by atoms with Crippen LogP contribution in [-0.2, 0) is 10.0 Å². The lowest BCUT2D eigenvalue weighted by Gasteiger charge is -2.14. The van der Waals surface area contributed by atoms with Crippen molar-refractivity contribution >= 4 is 15.8 Å². The maximum Gasteiger partial charge on any atom is 0.279 e. The van der Waals surface area contributed by atoms with Gasteiger partial charge in [0.1, 0.15) is 5.76 Å². The standard InChI is InChI=1S/C10H11N3O3S/c1-8-7-10(12-16-8)13(11)17(14,15)9-5-3-2-4-6-9/h2-7H,11H2,1H3. The van der Waals surface area contributed by atoms with E-state index in [9.17, 15) is 8.42 Å². The SMILES string of the molecule is Cc1cc(N(N)S(=O)(=O)c2ccccc2)no1. The average molecular weight is 253 g/mol. The molecule has 0 aliphatic rings. The third-order valence-corrected chi connectivity index (χ3v) is 3.71. The fraction of sp³-hybridized carbons (Fsp3) is 0.100. The van der Waals surface area contributed by atoms with E-state index in [0.29, 0.717) is 10.2 Å². The van der Waals surface area contributed by atoms with Crippen molar-refractivity contribution in [3.63, 3.8) is 0 Å². The molecule has 0 fully saturated rings. The van der Waals surface area contributed by atoms with Crippen LogP contribution in [0.4, 0.5) is 5.82 Å². The first kappa shape index (κ1) is 11.6. The number of anilines is 1. The number of rotatable bonds is 3. The first-order valence-electron chi connectivity index (χ1n) is 4.80. The molecule has 0 spiro atoms. The fourth-order valence-corrected chi connectivity index (χ4v) is 2.35. The van der Waals surface area contributed by atoms with E-state index in [1.165, 1.54) is 18.2 Å². The maximum absolute atomic E-state index is 12.1. The van der Waals surface area contributed by atoms with Crippen LogP contribution in [0.15, 0.2) is 45.8 Å². The minimum atomic E-state index is -3.79. The molecule has 7 heteroatoms. The van der Waals surface area contributed by atoms with Gasteiger partial charge in [-0.1, -0.05) is 23.4 Å². The highest BCUT2D eigenvalue weighted by Gasteiger charge is 2.24. The van der Waals surface area contributed by atoms with Gasteiger partial charge in [0.15, 0.2) is 0 Å². The van der Waals surface area contributed by atoms with Gasteiger partial charge < -0.3 is 4.52 Å². The second kappa shape index (κ2) is 4.19. The lowest BCUT2D eigenvalue weighted by Crippen LogP contribution is -2.37. The molecule has 0 radical (unpaired) electrons. The Kier molecular flexibility index (Phi) is 2.86. The van der Waals surface area contributed by atoms with Crippen LogP contribution >= 0.6 is 0 Å². The predicted molar refractivity (Wildman–Crippen MR) is 61.5 cm³/mol. The van der Waals surface area contributed by atoms with Gasteiger partial charge in [-0.3, -0.25) is 0 Å². The Morgan fingerprint density at radius 3 is 2.47 bits per heavy atom. The molecule has 1 aromatic heterocycles. The molecule has 0 aliphatic carbocycles. The summed E-state index contributed by atoms with van der Waals surface area (Å²) in [5.74, 6) is 6.07. The molecule has 2 rings (SSSR count). The molecule has 1 heterocycles. The Balaban J connectivity index is 2.40. The van der Waals surface area contributed by atoms with Crippen LogP contribution in [0.5, 0.6) is 0 Å². The molecule has 0 aliphatic heterocycles. The molecule has 17 heavy (non-hydrogen) atoms. The highest BCUT2D eigenvalue weighted by atomic mass is 32.2. The number of nitrogens with two attached hydrogens (primary N) is 1. The summed E-state index contributed by atoms with van der Waals surface area (Å²) in [5, 5.41) is 3.55. The highest BCUT2D eigenvalue weighted by Crippen LogP contribution is 2.19. The van der Waals surface area contributed by atoms with Gasteiger partial charge in [0, 0.05) is 6.07 Å². The molecule has 0 saturated carbocycles. The third kappa shape index (κ3) is 2.15. The molecular weight excluding hydrogens is 242 g/mol. The Hall–Kier alpha value is -1.86. The van der Waals surface area contributed by atoms with Crippen molar-refractivity contribution in [3.8, 4) is 0 Å². The van der Waals surface area contributed by atoms with E-state index >= 15 is 0 Å². The Morgan fingerprint density at radius 1 is 1.29 bits per heavy atom. The van der Waals surface area contributed by atoms with E-state index in [4.69, 9.17) is 10.4 Å². The molecule has 2 aromatic rings. The number of nitrogens with zero attached hydrogens (tertiary/aromatic N) is 2. The van der Waals surface area contributed by atoms with E-state index in [-0.39, 0.29) is 10.7 Å². The Bertz CT molecular complexity index is 607. The summed E-state index contributed by atoms with van der Waals surface area (Å²) in [5.41, 5.74) is 0. The number of aryl methyl sites for hydroxylation is 1. The molecule has 0 unspecified atom stereocenters. The number of hydrogen-bond acceptors (Lipinski definition) is 5. The Labute approximate surface area is 98.6 Å². The van der Waals surface area contributed by atoms with Crippen molar-refractivity contribution in [2.75, 3.05) is 4.41 Å². The molecular formula is C10H11N3O3S. The van der Waals surface area contributed by atoms with Crippen molar-refractivity contribution < 1.29 is 12.9 Å². The van der Waals surface area contributed by atoms with Gasteiger partial charge in [-0.05, 0) is 19.1 Å².